The van der Waals surface area contributed by atoms with Gasteiger partial charge < -0.3 is 20.1 Å². The molecule has 0 saturated carbocycles. The number of aromatic nitrogens is 1. The van der Waals surface area contributed by atoms with Gasteiger partial charge in [-0.15, -0.1) is 11.3 Å². The van der Waals surface area contributed by atoms with Crippen molar-refractivity contribution in [2.45, 2.75) is 26.2 Å². The Bertz CT molecular complexity index is 688. The van der Waals surface area contributed by atoms with E-state index in [1.165, 1.54) is 0 Å². The summed E-state index contributed by atoms with van der Waals surface area (Å²) in [7, 11) is 3.22. The number of amides is 2. The molecule has 6 nitrogen and oxygen atoms in total. The molecule has 2 rings (SSSR count). The van der Waals surface area contributed by atoms with Gasteiger partial charge in [-0.1, -0.05) is 13.0 Å². The van der Waals surface area contributed by atoms with Crippen LogP contribution in [0, 0.1) is 0 Å². The fourth-order valence-corrected chi connectivity index (χ4v) is 3.13. The van der Waals surface area contributed by atoms with Crippen molar-refractivity contribution in [3.8, 4) is 11.5 Å². The molecule has 25 heavy (non-hydrogen) atoms. The van der Waals surface area contributed by atoms with E-state index in [4.69, 9.17) is 9.47 Å². The Morgan fingerprint density at radius 1 is 1.12 bits per heavy atom. The van der Waals surface area contributed by atoms with E-state index in [0.29, 0.717) is 24.6 Å². The summed E-state index contributed by atoms with van der Waals surface area (Å²) in [5.41, 5.74) is 2.11. The molecule has 2 amide bonds. The maximum atomic E-state index is 11.8. The van der Waals surface area contributed by atoms with Gasteiger partial charge in [-0.25, -0.2) is 9.78 Å². The van der Waals surface area contributed by atoms with Gasteiger partial charge in [-0.3, -0.25) is 0 Å². The predicted molar refractivity (Wildman–Crippen MR) is 99.8 cm³/mol. The molecule has 0 fully saturated rings. The number of benzene rings is 1. The number of rotatable bonds is 9. The van der Waals surface area contributed by atoms with Gasteiger partial charge in [0.25, 0.3) is 0 Å². The van der Waals surface area contributed by atoms with Crippen molar-refractivity contribution in [2.75, 3.05) is 27.3 Å². The largest absolute Gasteiger partial charge is 0.493 e. The number of carbonyl (C=O) groups is 1. The second kappa shape index (κ2) is 9.88. The zero-order valence-electron chi connectivity index (χ0n) is 14.9. The van der Waals surface area contributed by atoms with E-state index in [1.54, 1.807) is 25.6 Å². The lowest BCUT2D eigenvalue weighted by Gasteiger charge is -2.10. The van der Waals surface area contributed by atoms with Crippen molar-refractivity contribution in [1.82, 2.24) is 15.6 Å². The fourth-order valence-electron chi connectivity index (χ4n) is 2.35. The molecule has 1 heterocycles. The number of hydrogen-bond acceptors (Lipinski definition) is 5. The summed E-state index contributed by atoms with van der Waals surface area (Å²) in [6, 6.07) is 5.60. The highest BCUT2D eigenvalue weighted by Crippen LogP contribution is 2.27. The molecule has 2 aromatic rings. The minimum absolute atomic E-state index is 0.161. The Morgan fingerprint density at radius 3 is 2.48 bits per heavy atom. The SMILES string of the molecule is CCc1nc(CCNC(=O)NCCc2ccc(OC)c(OC)c2)cs1. The first kappa shape index (κ1) is 19.1. The molecule has 7 heteroatoms. The van der Waals surface area contributed by atoms with Gasteiger partial charge in [0.15, 0.2) is 11.5 Å². The van der Waals surface area contributed by atoms with E-state index in [1.807, 2.05) is 18.2 Å². The molecule has 0 atom stereocenters. The number of carbonyl (C=O) groups excluding carboxylic acids is 1. The van der Waals surface area contributed by atoms with Gasteiger partial charge >= 0.3 is 6.03 Å². The monoisotopic (exact) mass is 363 g/mol. The minimum atomic E-state index is -0.161. The Morgan fingerprint density at radius 2 is 1.84 bits per heavy atom. The maximum Gasteiger partial charge on any atom is 0.314 e. The van der Waals surface area contributed by atoms with Crippen LogP contribution in [-0.2, 0) is 19.3 Å². The molecular weight excluding hydrogens is 338 g/mol. The van der Waals surface area contributed by atoms with E-state index in [-0.39, 0.29) is 6.03 Å². The molecule has 0 radical (unpaired) electrons. The zero-order valence-corrected chi connectivity index (χ0v) is 15.7. The van der Waals surface area contributed by atoms with E-state index in [2.05, 4.69) is 27.9 Å². The quantitative estimate of drug-likeness (QED) is 0.719. The van der Waals surface area contributed by atoms with Crippen molar-refractivity contribution < 1.29 is 14.3 Å². The molecule has 0 bridgehead atoms. The topological polar surface area (TPSA) is 72.5 Å². The van der Waals surface area contributed by atoms with Crippen LogP contribution in [0.2, 0.25) is 0 Å². The Balaban J connectivity index is 1.68. The third-order valence-electron chi connectivity index (χ3n) is 3.72. The molecule has 1 aromatic heterocycles. The molecule has 0 saturated heterocycles. The lowest BCUT2D eigenvalue weighted by molar-refractivity contribution is 0.241. The fraction of sp³-hybridized carbons (Fsp3) is 0.444. The highest BCUT2D eigenvalue weighted by atomic mass is 32.1. The van der Waals surface area contributed by atoms with Crippen molar-refractivity contribution in [3.63, 3.8) is 0 Å². The smallest absolute Gasteiger partial charge is 0.314 e. The second-order valence-electron chi connectivity index (χ2n) is 5.46. The summed E-state index contributed by atoms with van der Waals surface area (Å²) < 4.78 is 10.5. The molecule has 0 aliphatic rings. The van der Waals surface area contributed by atoms with Crippen LogP contribution in [0.15, 0.2) is 23.6 Å². The maximum absolute atomic E-state index is 11.8. The van der Waals surface area contributed by atoms with Gasteiger partial charge in [0, 0.05) is 24.9 Å². The molecule has 2 N–H and O–H groups in total. The first-order valence-corrected chi connectivity index (χ1v) is 9.20. The standard InChI is InChI=1S/C18H25N3O3S/c1-4-17-21-14(12-25-17)8-10-20-18(22)19-9-7-13-5-6-15(23-2)16(11-13)24-3/h5-6,11-12H,4,7-10H2,1-3H3,(H2,19,20,22). The summed E-state index contributed by atoms with van der Waals surface area (Å²) in [6.07, 6.45) is 2.42. The molecule has 0 unspecified atom stereocenters. The summed E-state index contributed by atoms with van der Waals surface area (Å²) in [5.74, 6) is 1.39. The molecule has 0 spiro atoms. The lowest BCUT2D eigenvalue weighted by Crippen LogP contribution is -2.37. The van der Waals surface area contributed by atoms with E-state index in [0.717, 1.165) is 35.5 Å². The lowest BCUT2D eigenvalue weighted by atomic mass is 10.1. The first-order chi connectivity index (χ1) is 12.2. The van der Waals surface area contributed by atoms with E-state index < -0.39 is 0 Å². The van der Waals surface area contributed by atoms with E-state index >= 15 is 0 Å². The highest BCUT2D eigenvalue weighted by Gasteiger charge is 2.06. The average Bonchev–Trinajstić information content (AvgIpc) is 3.09. The van der Waals surface area contributed by atoms with Crippen LogP contribution in [0.25, 0.3) is 0 Å². The van der Waals surface area contributed by atoms with Crippen LogP contribution < -0.4 is 20.1 Å². The number of thiazole rings is 1. The third kappa shape index (κ3) is 5.94. The number of hydrogen-bond donors (Lipinski definition) is 2. The van der Waals surface area contributed by atoms with Gasteiger partial charge in [0.05, 0.1) is 24.9 Å². The third-order valence-corrected chi connectivity index (χ3v) is 4.76. The van der Waals surface area contributed by atoms with Crippen LogP contribution in [0.5, 0.6) is 11.5 Å². The molecule has 136 valence electrons. The number of aryl methyl sites for hydroxylation is 1. The number of nitrogens with zero attached hydrogens (tertiary/aromatic N) is 1. The summed E-state index contributed by atoms with van der Waals surface area (Å²) in [4.78, 5) is 16.3. The normalized spacial score (nSPS) is 10.4. The van der Waals surface area contributed by atoms with Crippen LogP contribution in [0.3, 0.4) is 0 Å². The van der Waals surface area contributed by atoms with Gasteiger partial charge in [0.2, 0.25) is 0 Å². The molecule has 0 aliphatic heterocycles. The average molecular weight is 363 g/mol. The Kier molecular flexibility index (Phi) is 7.53. The summed E-state index contributed by atoms with van der Waals surface area (Å²) in [5, 5.41) is 8.90. The van der Waals surface area contributed by atoms with Crippen LogP contribution in [-0.4, -0.2) is 38.3 Å². The molecule has 1 aromatic carbocycles. The van der Waals surface area contributed by atoms with E-state index in [9.17, 15) is 4.79 Å². The number of ether oxygens (including phenoxy) is 2. The van der Waals surface area contributed by atoms with Crippen LogP contribution in [0.1, 0.15) is 23.2 Å². The van der Waals surface area contributed by atoms with Gasteiger partial charge in [-0.2, -0.15) is 0 Å². The van der Waals surface area contributed by atoms with Crippen molar-refractivity contribution in [3.05, 3.63) is 39.8 Å². The summed E-state index contributed by atoms with van der Waals surface area (Å²) in [6.45, 7) is 3.22. The number of nitrogens with one attached hydrogen (secondary N) is 2. The predicted octanol–water partition coefficient (Wildman–Crippen LogP) is 2.81. The second-order valence-corrected chi connectivity index (χ2v) is 6.40. The molecule has 0 aliphatic carbocycles. The zero-order chi connectivity index (χ0) is 18.1. The van der Waals surface area contributed by atoms with Crippen molar-refractivity contribution in [1.29, 1.82) is 0 Å². The first-order valence-electron chi connectivity index (χ1n) is 8.32. The Hall–Kier alpha value is -2.28. The number of urea groups is 1. The van der Waals surface area contributed by atoms with Crippen molar-refractivity contribution >= 4 is 17.4 Å². The van der Waals surface area contributed by atoms with Crippen molar-refractivity contribution in [2.24, 2.45) is 0 Å². The molecular formula is C18H25N3O3S. The highest BCUT2D eigenvalue weighted by molar-refractivity contribution is 7.09. The van der Waals surface area contributed by atoms with Gasteiger partial charge in [0.1, 0.15) is 0 Å². The summed E-state index contributed by atoms with van der Waals surface area (Å²) >= 11 is 1.67. The van der Waals surface area contributed by atoms with Crippen LogP contribution in [0.4, 0.5) is 4.79 Å². The van der Waals surface area contributed by atoms with Crippen LogP contribution >= 0.6 is 11.3 Å². The van der Waals surface area contributed by atoms with Gasteiger partial charge in [-0.05, 0) is 30.5 Å². The number of methoxy groups -OCH3 is 2. The minimum Gasteiger partial charge on any atom is -0.493 e. The Labute approximate surface area is 152 Å².